The topological polar surface area (TPSA) is 17.1 Å². The molecule has 0 amide bonds. The van der Waals surface area contributed by atoms with Crippen LogP contribution in [0.25, 0.3) is 0 Å². The van der Waals surface area contributed by atoms with E-state index in [-0.39, 0.29) is 0 Å². The van der Waals surface area contributed by atoms with Gasteiger partial charge in [0.1, 0.15) is 6.29 Å². The van der Waals surface area contributed by atoms with Gasteiger partial charge >= 0.3 is 0 Å². The predicted octanol–water partition coefficient (Wildman–Crippen LogP) is 8.64. The highest BCUT2D eigenvalue weighted by molar-refractivity contribution is 5.48. The normalized spacial score (nSPS) is 10.3. The summed E-state index contributed by atoms with van der Waals surface area (Å²) in [6, 6.07) is 0. The van der Waals surface area contributed by atoms with Crippen LogP contribution in [-0.2, 0) is 4.79 Å². The molecule has 0 aliphatic carbocycles. The molecule has 0 aromatic rings. The van der Waals surface area contributed by atoms with E-state index >= 15 is 0 Å². The largest absolute Gasteiger partial charge is 0.303 e. The molecule has 0 aliphatic heterocycles. The zero-order valence-corrected chi connectivity index (χ0v) is 17.4. The Bertz CT molecular complexity index is 196. The Hall–Kier alpha value is -0.330. The molecule has 0 rings (SSSR count). The third-order valence-electron chi connectivity index (χ3n) is 4.63. The highest BCUT2D eigenvalue weighted by Gasteiger charge is 1.93. The summed E-state index contributed by atoms with van der Waals surface area (Å²) in [5.41, 5.74) is 0. The van der Waals surface area contributed by atoms with Crippen LogP contribution in [-0.4, -0.2) is 6.29 Å². The van der Waals surface area contributed by atoms with Gasteiger partial charge in [-0.3, -0.25) is 0 Å². The van der Waals surface area contributed by atoms with Crippen LogP contribution in [0.2, 0.25) is 0 Å². The van der Waals surface area contributed by atoms with Crippen molar-refractivity contribution < 1.29 is 4.79 Å². The van der Waals surface area contributed by atoms with Gasteiger partial charge in [0.15, 0.2) is 0 Å². The van der Waals surface area contributed by atoms with Gasteiger partial charge in [0.2, 0.25) is 0 Å². The molecule has 0 bridgehead atoms. The molecule has 146 valence electrons. The molecule has 0 aromatic carbocycles. The fourth-order valence-corrected chi connectivity index (χ4v) is 2.92. The van der Waals surface area contributed by atoms with Gasteiger partial charge in [0.25, 0.3) is 0 Å². The molecule has 0 unspecified atom stereocenters. The second-order valence-corrected chi connectivity index (χ2v) is 7.26. The van der Waals surface area contributed by atoms with Gasteiger partial charge in [0, 0.05) is 6.42 Å². The minimum absolute atomic E-state index is 0.762. The van der Waals surface area contributed by atoms with Crippen LogP contribution in [0.3, 0.4) is 0 Å². The molecule has 1 nitrogen and oxygen atoms in total. The average Bonchev–Trinajstić information content (AvgIpc) is 2.61. The predicted molar refractivity (Wildman–Crippen MR) is 111 cm³/mol. The summed E-state index contributed by atoms with van der Waals surface area (Å²) < 4.78 is 0. The quantitative estimate of drug-likeness (QED) is 0.180. The third kappa shape index (κ3) is 29.7. The highest BCUT2D eigenvalue weighted by Crippen LogP contribution is 2.13. The Kier molecular flexibility index (Phi) is 29.7. The second-order valence-electron chi connectivity index (χ2n) is 7.26. The van der Waals surface area contributed by atoms with Crippen LogP contribution in [0.15, 0.2) is 0 Å². The first-order valence-electron chi connectivity index (χ1n) is 11.3. The van der Waals surface area contributed by atoms with Gasteiger partial charge in [0.05, 0.1) is 0 Å². The Morgan fingerprint density at radius 2 is 0.667 bits per heavy atom. The minimum atomic E-state index is 0.762. The molecule has 0 fully saturated rings. The van der Waals surface area contributed by atoms with Crippen molar-refractivity contribution in [3.05, 3.63) is 0 Å². The van der Waals surface area contributed by atoms with Crippen molar-refractivity contribution in [1.29, 1.82) is 0 Å². The maximum absolute atomic E-state index is 10.1. The summed E-state index contributed by atoms with van der Waals surface area (Å²) in [4.78, 5) is 10.1. The van der Waals surface area contributed by atoms with E-state index < -0.39 is 0 Å². The van der Waals surface area contributed by atoms with Crippen molar-refractivity contribution >= 4 is 6.29 Å². The van der Waals surface area contributed by atoms with E-state index in [1.54, 1.807) is 0 Å². The first-order chi connectivity index (χ1) is 11.8. The maximum atomic E-state index is 10.1. The number of hydrogen-bond acceptors (Lipinski definition) is 1. The summed E-state index contributed by atoms with van der Waals surface area (Å²) in [5, 5.41) is 0. The second kappa shape index (κ2) is 27.5. The van der Waals surface area contributed by atoms with Gasteiger partial charge in [-0.1, -0.05) is 130 Å². The molecule has 0 heterocycles. The van der Waals surface area contributed by atoms with Gasteiger partial charge < -0.3 is 4.79 Å². The van der Waals surface area contributed by atoms with E-state index in [1.807, 2.05) is 0 Å². The maximum Gasteiger partial charge on any atom is 0.119 e. The van der Waals surface area contributed by atoms with E-state index in [0.717, 1.165) is 19.1 Å². The lowest BCUT2D eigenvalue weighted by atomic mass is 10.0. The molecule has 0 saturated carbocycles. The van der Waals surface area contributed by atoms with Crippen molar-refractivity contribution in [1.82, 2.24) is 0 Å². The standard InChI is InChI=1S/C17H34O.C6H14/c1-2-3-4-5-6-7-8-9-10-11-12-13-14-15-16-17-18;1-3-5-6-4-2/h17H,2-16H2,1H3;3-6H2,1-2H3. The fraction of sp³-hybridized carbons (Fsp3) is 0.957. The van der Waals surface area contributed by atoms with E-state index in [2.05, 4.69) is 20.8 Å². The Labute approximate surface area is 154 Å². The van der Waals surface area contributed by atoms with Crippen LogP contribution in [0.5, 0.6) is 0 Å². The molecule has 0 saturated heterocycles. The molecular formula is C23H48O. The summed E-state index contributed by atoms with van der Waals surface area (Å²) >= 11 is 0. The zero-order chi connectivity index (χ0) is 18.1. The summed E-state index contributed by atoms with van der Waals surface area (Å²) in [7, 11) is 0. The fourth-order valence-electron chi connectivity index (χ4n) is 2.92. The van der Waals surface area contributed by atoms with E-state index in [0.29, 0.717) is 0 Å². The summed E-state index contributed by atoms with van der Waals surface area (Å²) in [5.74, 6) is 0. The van der Waals surface area contributed by atoms with E-state index in [1.165, 1.54) is 109 Å². The van der Waals surface area contributed by atoms with Gasteiger partial charge in [-0.2, -0.15) is 0 Å². The smallest absolute Gasteiger partial charge is 0.119 e. The first kappa shape index (κ1) is 25.9. The number of rotatable bonds is 18. The molecule has 24 heavy (non-hydrogen) atoms. The minimum Gasteiger partial charge on any atom is -0.303 e. The van der Waals surface area contributed by atoms with Crippen molar-refractivity contribution in [3.8, 4) is 0 Å². The molecule has 1 heteroatoms. The van der Waals surface area contributed by atoms with Crippen LogP contribution < -0.4 is 0 Å². The number of carbonyl (C=O) groups excluding carboxylic acids is 1. The number of unbranched alkanes of at least 4 members (excludes halogenated alkanes) is 17. The monoisotopic (exact) mass is 340 g/mol. The van der Waals surface area contributed by atoms with E-state index in [9.17, 15) is 4.79 Å². The lowest BCUT2D eigenvalue weighted by molar-refractivity contribution is -0.107. The first-order valence-corrected chi connectivity index (χ1v) is 11.3. The molecule has 0 aliphatic rings. The molecule has 0 atom stereocenters. The van der Waals surface area contributed by atoms with Gasteiger partial charge in [-0.25, -0.2) is 0 Å². The SMILES string of the molecule is CCCCCC.CCCCCCCCCCCCCCCCC=O. The molecule has 0 aromatic heterocycles. The van der Waals surface area contributed by atoms with Crippen LogP contribution in [0, 0.1) is 0 Å². The molecule has 0 radical (unpaired) electrons. The number of aldehydes is 1. The number of carbonyl (C=O) groups is 1. The average molecular weight is 341 g/mol. The highest BCUT2D eigenvalue weighted by atomic mass is 16.1. The van der Waals surface area contributed by atoms with Crippen LogP contribution >= 0.6 is 0 Å². The van der Waals surface area contributed by atoms with Crippen molar-refractivity contribution in [2.24, 2.45) is 0 Å². The summed E-state index contributed by atoms with van der Waals surface area (Å²) in [6.45, 7) is 6.74. The van der Waals surface area contributed by atoms with Crippen LogP contribution in [0.1, 0.15) is 143 Å². The molecule has 0 N–H and O–H groups in total. The Morgan fingerprint density at radius 1 is 0.417 bits per heavy atom. The van der Waals surface area contributed by atoms with Gasteiger partial charge in [-0.05, 0) is 6.42 Å². The molecule has 0 spiro atoms. The van der Waals surface area contributed by atoms with Crippen molar-refractivity contribution in [3.63, 3.8) is 0 Å². The summed E-state index contributed by atoms with van der Waals surface area (Å²) in [6.07, 6.45) is 26.6. The third-order valence-corrected chi connectivity index (χ3v) is 4.63. The van der Waals surface area contributed by atoms with Crippen molar-refractivity contribution in [2.75, 3.05) is 0 Å². The zero-order valence-electron chi connectivity index (χ0n) is 17.4. The van der Waals surface area contributed by atoms with Crippen LogP contribution in [0.4, 0.5) is 0 Å². The number of hydrogen-bond donors (Lipinski definition) is 0. The molecular weight excluding hydrogens is 292 g/mol. The van der Waals surface area contributed by atoms with Gasteiger partial charge in [-0.15, -0.1) is 0 Å². The lowest BCUT2D eigenvalue weighted by Crippen LogP contribution is -1.83. The van der Waals surface area contributed by atoms with E-state index in [4.69, 9.17) is 0 Å². The lowest BCUT2D eigenvalue weighted by Gasteiger charge is -2.02. The van der Waals surface area contributed by atoms with Crippen molar-refractivity contribution in [2.45, 2.75) is 143 Å². The Balaban J connectivity index is 0. The Morgan fingerprint density at radius 3 is 0.958 bits per heavy atom.